The summed E-state index contributed by atoms with van der Waals surface area (Å²) in [5.74, 6) is -0.484. The largest absolute Gasteiger partial charge is 0.465 e. The van der Waals surface area contributed by atoms with Crippen LogP contribution in [-0.4, -0.2) is 36.9 Å². The minimum absolute atomic E-state index is 0.157. The Morgan fingerprint density at radius 1 is 1.21 bits per heavy atom. The Balaban J connectivity index is 1.92. The molecule has 1 aliphatic rings. The second kappa shape index (κ2) is 6.41. The Morgan fingerprint density at radius 3 is 2.50 bits per heavy atom. The molecule has 7 heteroatoms. The number of methoxy groups -OCH3 is 1. The van der Waals surface area contributed by atoms with Gasteiger partial charge in [0, 0.05) is 25.5 Å². The highest BCUT2D eigenvalue weighted by Crippen LogP contribution is 2.36. The molecule has 0 radical (unpaired) electrons. The highest BCUT2D eigenvalue weighted by molar-refractivity contribution is 7.89. The van der Waals surface area contributed by atoms with Crippen molar-refractivity contribution in [2.75, 3.05) is 13.7 Å². The van der Waals surface area contributed by atoms with Crippen molar-refractivity contribution in [1.82, 2.24) is 8.87 Å². The molecule has 1 aromatic heterocycles. The summed E-state index contributed by atoms with van der Waals surface area (Å²) in [7, 11) is -0.398. The van der Waals surface area contributed by atoms with Crippen molar-refractivity contribution in [3.8, 4) is 0 Å². The van der Waals surface area contributed by atoms with Crippen molar-refractivity contribution in [2.45, 2.75) is 23.8 Å². The number of aromatic nitrogens is 1. The topological polar surface area (TPSA) is 68.6 Å². The van der Waals surface area contributed by atoms with Crippen LogP contribution in [0.2, 0.25) is 0 Å². The highest BCUT2D eigenvalue weighted by Gasteiger charge is 2.37. The summed E-state index contributed by atoms with van der Waals surface area (Å²) in [6, 6.07) is 9.60. The van der Waals surface area contributed by atoms with Crippen LogP contribution in [0.1, 0.15) is 34.9 Å². The highest BCUT2D eigenvalue weighted by atomic mass is 32.2. The molecule has 2 heterocycles. The first-order valence-corrected chi connectivity index (χ1v) is 9.20. The number of esters is 1. The van der Waals surface area contributed by atoms with Crippen molar-refractivity contribution in [3.63, 3.8) is 0 Å². The number of sulfonamides is 1. The lowest BCUT2D eigenvalue weighted by molar-refractivity contribution is 0.0600. The molecule has 1 unspecified atom stereocenters. The quantitative estimate of drug-likeness (QED) is 0.795. The van der Waals surface area contributed by atoms with E-state index in [1.54, 1.807) is 4.31 Å². The lowest BCUT2D eigenvalue weighted by atomic mass is 10.1. The smallest absolute Gasteiger partial charge is 0.337 e. The Kier molecular flexibility index (Phi) is 4.47. The molecule has 2 aromatic rings. The predicted octanol–water partition coefficient (Wildman–Crippen LogP) is 2.34. The molecule has 1 aliphatic heterocycles. The number of carbonyl (C=O) groups excluding carboxylic acids is 1. The van der Waals surface area contributed by atoms with E-state index in [1.807, 2.05) is 29.9 Å². The third-order valence-corrected chi connectivity index (χ3v) is 6.33. The molecule has 0 N–H and O–H groups in total. The lowest BCUT2D eigenvalue weighted by Crippen LogP contribution is -2.31. The van der Waals surface area contributed by atoms with E-state index in [2.05, 4.69) is 4.74 Å². The van der Waals surface area contributed by atoms with E-state index in [0.717, 1.165) is 18.5 Å². The second-order valence-electron chi connectivity index (χ2n) is 5.83. The second-order valence-corrected chi connectivity index (χ2v) is 7.72. The maximum Gasteiger partial charge on any atom is 0.337 e. The van der Waals surface area contributed by atoms with Crippen molar-refractivity contribution in [1.29, 1.82) is 0 Å². The van der Waals surface area contributed by atoms with Gasteiger partial charge in [-0.2, -0.15) is 4.31 Å². The molecule has 0 bridgehead atoms. The maximum absolute atomic E-state index is 13.0. The van der Waals surface area contributed by atoms with Gasteiger partial charge in [-0.25, -0.2) is 13.2 Å². The molecule has 0 spiro atoms. The monoisotopic (exact) mass is 348 g/mol. The number of benzene rings is 1. The molecule has 0 amide bonds. The zero-order valence-corrected chi connectivity index (χ0v) is 14.5. The van der Waals surface area contributed by atoms with Gasteiger partial charge in [0.2, 0.25) is 10.0 Å². The minimum Gasteiger partial charge on any atom is -0.465 e. The van der Waals surface area contributed by atoms with Crippen LogP contribution >= 0.6 is 0 Å². The van der Waals surface area contributed by atoms with Gasteiger partial charge in [-0.05, 0) is 49.2 Å². The summed E-state index contributed by atoms with van der Waals surface area (Å²) >= 11 is 0. The average Bonchev–Trinajstić information content (AvgIpc) is 3.22. The van der Waals surface area contributed by atoms with E-state index in [0.29, 0.717) is 12.1 Å². The molecule has 1 saturated heterocycles. The predicted molar refractivity (Wildman–Crippen MR) is 89.1 cm³/mol. The molecule has 24 heavy (non-hydrogen) atoms. The van der Waals surface area contributed by atoms with E-state index >= 15 is 0 Å². The molecular formula is C17H20N2O4S. The van der Waals surface area contributed by atoms with Gasteiger partial charge in [-0.15, -0.1) is 0 Å². The molecule has 128 valence electrons. The van der Waals surface area contributed by atoms with Crippen LogP contribution in [0.25, 0.3) is 0 Å². The summed E-state index contributed by atoms with van der Waals surface area (Å²) < 4.78 is 34.2. The summed E-state index contributed by atoms with van der Waals surface area (Å²) in [5, 5.41) is 0. The summed E-state index contributed by atoms with van der Waals surface area (Å²) in [6.45, 7) is 0.497. The van der Waals surface area contributed by atoms with Crippen LogP contribution in [0, 0.1) is 0 Å². The summed E-state index contributed by atoms with van der Waals surface area (Å²) in [6.07, 6.45) is 3.55. The first-order chi connectivity index (χ1) is 11.4. The van der Waals surface area contributed by atoms with Gasteiger partial charge >= 0.3 is 5.97 Å². The number of ether oxygens (including phenoxy) is 1. The molecule has 6 nitrogen and oxygen atoms in total. The molecule has 1 aromatic carbocycles. The third-order valence-electron chi connectivity index (χ3n) is 4.41. The van der Waals surface area contributed by atoms with Gasteiger partial charge in [0.25, 0.3) is 0 Å². The van der Waals surface area contributed by atoms with Crippen molar-refractivity contribution < 1.29 is 17.9 Å². The standard InChI is InChI=1S/C17H20N2O4S/c1-18-11-3-5-15(18)16-6-4-12-19(16)24(21,22)14-9-7-13(8-10-14)17(20)23-2/h3,5,7-11,16H,4,6,12H2,1-2H3. The Hall–Kier alpha value is -2.12. The van der Waals surface area contributed by atoms with Crippen LogP contribution in [0.5, 0.6) is 0 Å². The van der Waals surface area contributed by atoms with Gasteiger partial charge < -0.3 is 9.30 Å². The van der Waals surface area contributed by atoms with E-state index in [-0.39, 0.29) is 10.9 Å². The molecule has 1 atom stereocenters. The van der Waals surface area contributed by atoms with Crippen molar-refractivity contribution in [2.24, 2.45) is 7.05 Å². The van der Waals surface area contributed by atoms with E-state index in [9.17, 15) is 13.2 Å². The molecule has 0 aliphatic carbocycles. The Morgan fingerprint density at radius 2 is 1.92 bits per heavy atom. The molecule has 3 rings (SSSR count). The van der Waals surface area contributed by atoms with Crippen molar-refractivity contribution >= 4 is 16.0 Å². The van der Waals surface area contributed by atoms with Gasteiger partial charge in [0.15, 0.2) is 0 Å². The Bertz CT molecular complexity index is 840. The molecule has 0 saturated carbocycles. The van der Waals surface area contributed by atoms with Gasteiger partial charge in [-0.3, -0.25) is 0 Å². The first kappa shape index (κ1) is 16.7. The molecular weight excluding hydrogens is 328 g/mol. The number of aryl methyl sites for hydroxylation is 1. The SMILES string of the molecule is COC(=O)c1ccc(S(=O)(=O)N2CCCC2c2cccn2C)cc1. The van der Waals surface area contributed by atoms with Crippen LogP contribution < -0.4 is 0 Å². The fourth-order valence-electron chi connectivity index (χ4n) is 3.16. The van der Waals surface area contributed by atoms with Crippen LogP contribution in [0.3, 0.4) is 0 Å². The minimum atomic E-state index is -3.61. The maximum atomic E-state index is 13.0. The van der Waals surface area contributed by atoms with E-state index in [1.165, 1.54) is 31.4 Å². The number of carbonyl (C=O) groups is 1. The average molecular weight is 348 g/mol. The third kappa shape index (κ3) is 2.85. The van der Waals surface area contributed by atoms with E-state index < -0.39 is 16.0 Å². The number of nitrogens with zero attached hydrogens (tertiary/aromatic N) is 2. The first-order valence-electron chi connectivity index (χ1n) is 7.76. The number of hydrogen-bond acceptors (Lipinski definition) is 4. The summed E-state index contributed by atoms with van der Waals surface area (Å²) in [4.78, 5) is 11.7. The molecule has 1 fully saturated rings. The van der Waals surface area contributed by atoms with Crippen molar-refractivity contribution in [3.05, 3.63) is 53.9 Å². The Labute approximate surface area is 141 Å². The van der Waals surface area contributed by atoms with Crippen LogP contribution in [-0.2, 0) is 21.8 Å². The normalized spacial score (nSPS) is 18.7. The fraction of sp³-hybridized carbons (Fsp3) is 0.353. The van der Waals surface area contributed by atoms with Crippen LogP contribution in [0.4, 0.5) is 0 Å². The summed E-state index contributed by atoms with van der Waals surface area (Å²) in [5.41, 5.74) is 1.32. The number of rotatable bonds is 4. The van der Waals surface area contributed by atoms with Gasteiger partial charge in [0.1, 0.15) is 0 Å². The number of hydrogen-bond donors (Lipinski definition) is 0. The lowest BCUT2D eigenvalue weighted by Gasteiger charge is -2.24. The van der Waals surface area contributed by atoms with Gasteiger partial charge in [-0.1, -0.05) is 0 Å². The zero-order chi connectivity index (χ0) is 17.3. The van der Waals surface area contributed by atoms with E-state index in [4.69, 9.17) is 0 Å². The van der Waals surface area contributed by atoms with Gasteiger partial charge in [0.05, 0.1) is 23.6 Å². The van der Waals surface area contributed by atoms with Crippen LogP contribution in [0.15, 0.2) is 47.5 Å². The zero-order valence-electron chi connectivity index (χ0n) is 13.7. The fourth-order valence-corrected chi connectivity index (χ4v) is 4.83.